The van der Waals surface area contributed by atoms with Gasteiger partial charge in [-0.1, -0.05) is 15.9 Å². The van der Waals surface area contributed by atoms with E-state index in [2.05, 4.69) is 15.9 Å². The maximum atomic E-state index is 10.6. The molecule has 1 fully saturated rings. The number of alkyl halides is 1. The third kappa shape index (κ3) is 2.75. The van der Waals surface area contributed by atoms with E-state index in [4.69, 9.17) is 4.74 Å². The van der Waals surface area contributed by atoms with Crippen LogP contribution in [0.3, 0.4) is 0 Å². The summed E-state index contributed by atoms with van der Waals surface area (Å²) in [6.45, 7) is 1.59. The van der Waals surface area contributed by atoms with Gasteiger partial charge in [0.1, 0.15) is 6.23 Å². The van der Waals surface area contributed by atoms with Gasteiger partial charge in [-0.05, 0) is 19.3 Å². The average molecular weight is 236 g/mol. The number of ether oxygens (including phenoxy) is 1. The molecule has 0 aromatic carbocycles. The van der Waals surface area contributed by atoms with E-state index in [1.54, 1.807) is 4.90 Å². The summed E-state index contributed by atoms with van der Waals surface area (Å²) < 4.78 is 5.38. The molecule has 1 aliphatic rings. The summed E-state index contributed by atoms with van der Waals surface area (Å²) in [6, 6.07) is 0. The van der Waals surface area contributed by atoms with Crippen molar-refractivity contribution in [3.05, 3.63) is 0 Å². The first-order valence-corrected chi connectivity index (χ1v) is 5.39. The van der Waals surface area contributed by atoms with E-state index >= 15 is 0 Å². The molecule has 4 heteroatoms. The van der Waals surface area contributed by atoms with Crippen molar-refractivity contribution in [2.75, 3.05) is 18.5 Å². The highest BCUT2D eigenvalue weighted by Crippen LogP contribution is 2.15. The van der Waals surface area contributed by atoms with Crippen molar-refractivity contribution in [2.24, 2.45) is 0 Å². The largest absolute Gasteiger partial charge is 0.358 e. The second-order valence-electron chi connectivity index (χ2n) is 2.85. The van der Waals surface area contributed by atoms with E-state index in [0.717, 1.165) is 44.2 Å². The fraction of sp³-hybridized carbons (Fsp3) is 0.875. The lowest BCUT2D eigenvalue weighted by atomic mass is 10.3. The quantitative estimate of drug-likeness (QED) is 0.533. The minimum atomic E-state index is 0.0431. The van der Waals surface area contributed by atoms with Crippen molar-refractivity contribution in [2.45, 2.75) is 25.5 Å². The molecule has 0 saturated carbocycles. The molecule has 0 aliphatic carbocycles. The van der Waals surface area contributed by atoms with Crippen LogP contribution in [0.2, 0.25) is 0 Å². The highest BCUT2D eigenvalue weighted by molar-refractivity contribution is 9.09. The van der Waals surface area contributed by atoms with Crippen molar-refractivity contribution in [3.8, 4) is 0 Å². The summed E-state index contributed by atoms with van der Waals surface area (Å²) in [7, 11) is 0. The van der Waals surface area contributed by atoms with Crippen molar-refractivity contribution in [3.63, 3.8) is 0 Å². The highest BCUT2D eigenvalue weighted by atomic mass is 79.9. The topological polar surface area (TPSA) is 29.5 Å². The lowest BCUT2D eigenvalue weighted by Crippen LogP contribution is -2.34. The molecule has 1 unspecified atom stereocenters. The molecule has 1 amide bonds. The number of nitrogens with zero attached hydrogens (tertiary/aromatic N) is 1. The van der Waals surface area contributed by atoms with Gasteiger partial charge in [0.05, 0.1) is 0 Å². The first-order valence-electron chi connectivity index (χ1n) is 4.27. The van der Waals surface area contributed by atoms with Crippen molar-refractivity contribution in [1.82, 2.24) is 4.90 Å². The fourth-order valence-corrected chi connectivity index (χ4v) is 1.58. The van der Waals surface area contributed by atoms with E-state index in [-0.39, 0.29) is 6.23 Å². The standard InChI is InChI=1S/C8H14BrNO2/c9-4-2-5-10(7-11)8-3-1-6-12-8/h7-8H,1-6H2. The second-order valence-corrected chi connectivity index (χ2v) is 3.65. The summed E-state index contributed by atoms with van der Waals surface area (Å²) in [6.07, 6.45) is 3.98. The Balaban J connectivity index is 2.27. The third-order valence-corrected chi connectivity index (χ3v) is 2.52. The van der Waals surface area contributed by atoms with Crippen molar-refractivity contribution >= 4 is 22.3 Å². The van der Waals surface area contributed by atoms with Gasteiger partial charge in [0.2, 0.25) is 6.41 Å². The van der Waals surface area contributed by atoms with Crippen LogP contribution in [0.5, 0.6) is 0 Å². The van der Waals surface area contributed by atoms with Crippen LogP contribution >= 0.6 is 15.9 Å². The Morgan fingerprint density at radius 1 is 1.67 bits per heavy atom. The lowest BCUT2D eigenvalue weighted by molar-refractivity contribution is -0.128. The van der Waals surface area contributed by atoms with Gasteiger partial charge < -0.3 is 9.64 Å². The molecule has 1 atom stereocenters. The minimum absolute atomic E-state index is 0.0431. The van der Waals surface area contributed by atoms with Gasteiger partial charge in [0.15, 0.2) is 0 Å². The van der Waals surface area contributed by atoms with Crippen LogP contribution in [0.25, 0.3) is 0 Å². The molecule has 1 heterocycles. The average Bonchev–Trinajstić information content (AvgIpc) is 2.59. The molecular weight excluding hydrogens is 222 g/mol. The van der Waals surface area contributed by atoms with Crippen LogP contribution in [0.4, 0.5) is 0 Å². The maximum Gasteiger partial charge on any atom is 0.211 e. The van der Waals surface area contributed by atoms with E-state index in [1.165, 1.54) is 0 Å². The van der Waals surface area contributed by atoms with Crippen LogP contribution in [0, 0.1) is 0 Å². The summed E-state index contributed by atoms with van der Waals surface area (Å²) >= 11 is 3.33. The smallest absolute Gasteiger partial charge is 0.211 e. The van der Waals surface area contributed by atoms with Crippen LogP contribution < -0.4 is 0 Å². The van der Waals surface area contributed by atoms with Gasteiger partial charge in [0.25, 0.3) is 0 Å². The molecule has 0 bridgehead atoms. The van der Waals surface area contributed by atoms with Crippen molar-refractivity contribution in [1.29, 1.82) is 0 Å². The number of halogens is 1. The minimum Gasteiger partial charge on any atom is -0.358 e. The summed E-state index contributed by atoms with van der Waals surface area (Å²) in [5, 5.41) is 0.935. The Hall–Kier alpha value is -0.0900. The molecule has 1 aliphatic heterocycles. The SMILES string of the molecule is O=CN(CCCBr)C1CCCO1. The van der Waals surface area contributed by atoms with Crippen LogP contribution in [-0.4, -0.2) is 36.0 Å². The Morgan fingerprint density at radius 3 is 3.00 bits per heavy atom. The molecule has 0 aromatic heterocycles. The number of carbonyl (C=O) groups excluding carboxylic acids is 1. The van der Waals surface area contributed by atoms with E-state index in [9.17, 15) is 4.79 Å². The monoisotopic (exact) mass is 235 g/mol. The molecule has 1 saturated heterocycles. The highest BCUT2D eigenvalue weighted by Gasteiger charge is 2.21. The number of amides is 1. The molecule has 0 aromatic rings. The molecule has 0 radical (unpaired) electrons. The first-order chi connectivity index (χ1) is 5.88. The van der Waals surface area contributed by atoms with Crippen LogP contribution in [-0.2, 0) is 9.53 Å². The zero-order valence-corrected chi connectivity index (χ0v) is 8.63. The molecule has 12 heavy (non-hydrogen) atoms. The Bertz CT molecular complexity index is 137. The zero-order valence-electron chi connectivity index (χ0n) is 7.04. The van der Waals surface area contributed by atoms with Crippen LogP contribution in [0.1, 0.15) is 19.3 Å². The van der Waals surface area contributed by atoms with E-state index in [0.29, 0.717) is 0 Å². The Labute approximate surface area is 81.2 Å². The van der Waals surface area contributed by atoms with Gasteiger partial charge in [0, 0.05) is 18.5 Å². The van der Waals surface area contributed by atoms with Gasteiger partial charge in [-0.25, -0.2) is 0 Å². The van der Waals surface area contributed by atoms with Gasteiger partial charge in [-0.3, -0.25) is 4.79 Å². The molecule has 0 N–H and O–H groups in total. The molecule has 0 spiro atoms. The molecule has 70 valence electrons. The number of hydrogen-bond acceptors (Lipinski definition) is 2. The summed E-state index contributed by atoms with van der Waals surface area (Å²) in [4.78, 5) is 12.4. The van der Waals surface area contributed by atoms with Gasteiger partial charge in [-0.2, -0.15) is 0 Å². The second kappa shape index (κ2) is 5.54. The lowest BCUT2D eigenvalue weighted by Gasteiger charge is -2.23. The zero-order chi connectivity index (χ0) is 8.81. The van der Waals surface area contributed by atoms with Gasteiger partial charge in [-0.15, -0.1) is 0 Å². The fourth-order valence-electron chi connectivity index (χ4n) is 1.33. The third-order valence-electron chi connectivity index (χ3n) is 1.96. The van der Waals surface area contributed by atoms with E-state index in [1.807, 2.05) is 0 Å². The summed E-state index contributed by atoms with van der Waals surface area (Å²) in [5.74, 6) is 0. The Morgan fingerprint density at radius 2 is 2.50 bits per heavy atom. The summed E-state index contributed by atoms with van der Waals surface area (Å²) in [5.41, 5.74) is 0. The molecule has 1 rings (SSSR count). The number of carbonyl (C=O) groups is 1. The Kier molecular flexibility index (Phi) is 4.61. The first kappa shape index (κ1) is 9.99. The number of rotatable bonds is 5. The normalized spacial score (nSPS) is 22.6. The van der Waals surface area contributed by atoms with Crippen LogP contribution in [0.15, 0.2) is 0 Å². The number of hydrogen-bond donors (Lipinski definition) is 0. The van der Waals surface area contributed by atoms with Gasteiger partial charge >= 0.3 is 0 Å². The maximum absolute atomic E-state index is 10.6. The predicted octanol–water partition coefficient (Wildman–Crippen LogP) is 1.37. The molecule has 3 nitrogen and oxygen atoms in total. The van der Waals surface area contributed by atoms with E-state index < -0.39 is 0 Å². The molecular formula is C8H14BrNO2. The predicted molar refractivity (Wildman–Crippen MR) is 50.2 cm³/mol. The van der Waals surface area contributed by atoms with Crippen molar-refractivity contribution < 1.29 is 9.53 Å².